The van der Waals surface area contributed by atoms with Crippen LogP contribution < -0.4 is 4.72 Å². The van der Waals surface area contributed by atoms with Crippen LogP contribution in [-0.4, -0.2) is 51.7 Å². The molecule has 1 fully saturated rings. The summed E-state index contributed by atoms with van der Waals surface area (Å²) in [5.41, 5.74) is 0.516. The molecule has 0 amide bonds. The number of nitrogens with one attached hydrogen (secondary N) is 1. The first-order valence-electron chi connectivity index (χ1n) is 7.19. The van der Waals surface area contributed by atoms with Crippen LogP contribution in [-0.2, 0) is 14.8 Å². The van der Waals surface area contributed by atoms with Gasteiger partial charge < -0.3 is 4.74 Å². The molecule has 1 heterocycles. The third kappa shape index (κ3) is 4.78. The van der Waals surface area contributed by atoms with Crippen LogP contribution in [0.1, 0.15) is 19.4 Å². The summed E-state index contributed by atoms with van der Waals surface area (Å²) >= 11 is 0. The molecule has 0 spiro atoms. The molecule has 1 saturated heterocycles. The quantitative estimate of drug-likeness (QED) is 0.892. The molecule has 2 rings (SSSR count). The fraction of sp³-hybridized carbons (Fsp3) is 0.600. The van der Waals surface area contributed by atoms with Gasteiger partial charge in [0.1, 0.15) is 0 Å². The third-order valence-electron chi connectivity index (χ3n) is 3.46. The van der Waals surface area contributed by atoms with Gasteiger partial charge in [0.25, 0.3) is 0 Å². The Morgan fingerprint density at radius 2 is 1.76 bits per heavy atom. The van der Waals surface area contributed by atoms with E-state index in [0.717, 1.165) is 18.7 Å². The number of sulfonamides is 1. The molecule has 1 aromatic rings. The van der Waals surface area contributed by atoms with E-state index in [4.69, 9.17) is 4.74 Å². The van der Waals surface area contributed by atoms with Gasteiger partial charge in [-0.05, 0) is 32.9 Å². The van der Waals surface area contributed by atoms with Gasteiger partial charge in [0, 0.05) is 25.2 Å². The van der Waals surface area contributed by atoms with E-state index < -0.39 is 15.6 Å². The first-order chi connectivity index (χ1) is 9.78. The zero-order valence-electron chi connectivity index (χ0n) is 12.9. The van der Waals surface area contributed by atoms with Crippen molar-refractivity contribution in [2.75, 3.05) is 32.8 Å². The highest BCUT2D eigenvalue weighted by Crippen LogP contribution is 2.15. The van der Waals surface area contributed by atoms with E-state index in [9.17, 15) is 8.42 Å². The fourth-order valence-electron chi connectivity index (χ4n) is 2.49. The lowest BCUT2D eigenvalue weighted by atomic mass is 10.1. The van der Waals surface area contributed by atoms with E-state index in [1.807, 2.05) is 32.9 Å². The molecule has 5 nitrogen and oxygen atoms in total. The lowest BCUT2D eigenvalue weighted by molar-refractivity contribution is 0.0290. The average Bonchev–Trinajstić information content (AvgIpc) is 2.38. The van der Waals surface area contributed by atoms with Crippen molar-refractivity contribution in [3.63, 3.8) is 0 Å². The molecular weight excluding hydrogens is 288 g/mol. The number of hydrogen-bond acceptors (Lipinski definition) is 4. The molecule has 6 heteroatoms. The Bertz CT molecular complexity index is 561. The Balaban J connectivity index is 2.05. The van der Waals surface area contributed by atoms with Gasteiger partial charge >= 0.3 is 0 Å². The molecule has 0 radical (unpaired) electrons. The third-order valence-corrected chi connectivity index (χ3v) is 5.18. The normalized spacial score (nSPS) is 17.9. The molecule has 0 atom stereocenters. The van der Waals surface area contributed by atoms with Gasteiger partial charge in [-0.1, -0.05) is 17.7 Å². The number of nitrogens with zero attached hydrogens (tertiary/aromatic N) is 1. The molecule has 0 bridgehead atoms. The second-order valence-corrected chi connectivity index (χ2v) is 7.87. The van der Waals surface area contributed by atoms with E-state index >= 15 is 0 Å². The van der Waals surface area contributed by atoms with Gasteiger partial charge in [-0.25, -0.2) is 13.1 Å². The Morgan fingerprint density at radius 1 is 1.19 bits per heavy atom. The van der Waals surface area contributed by atoms with Crippen molar-refractivity contribution >= 4 is 10.0 Å². The largest absolute Gasteiger partial charge is 0.379 e. The summed E-state index contributed by atoms with van der Waals surface area (Å²) in [6.45, 7) is 9.53. The minimum absolute atomic E-state index is 0.308. The zero-order valence-corrected chi connectivity index (χ0v) is 13.7. The molecule has 1 aromatic carbocycles. The van der Waals surface area contributed by atoms with Crippen LogP contribution in [0.5, 0.6) is 0 Å². The summed E-state index contributed by atoms with van der Waals surface area (Å²) in [5, 5.41) is 0. The Hall–Kier alpha value is -0.950. The van der Waals surface area contributed by atoms with E-state index in [1.165, 1.54) is 0 Å². The van der Waals surface area contributed by atoms with E-state index in [0.29, 0.717) is 24.7 Å². The second-order valence-electron chi connectivity index (χ2n) is 6.19. The van der Waals surface area contributed by atoms with E-state index in [2.05, 4.69) is 9.62 Å². The van der Waals surface area contributed by atoms with Crippen LogP contribution in [0.2, 0.25) is 0 Å². The number of rotatable bonds is 5. The lowest BCUT2D eigenvalue weighted by Crippen LogP contribution is -2.53. The van der Waals surface area contributed by atoms with Crippen LogP contribution in [0, 0.1) is 6.92 Å². The van der Waals surface area contributed by atoms with Crippen LogP contribution in [0.3, 0.4) is 0 Å². The van der Waals surface area contributed by atoms with Crippen LogP contribution >= 0.6 is 0 Å². The summed E-state index contributed by atoms with van der Waals surface area (Å²) in [4.78, 5) is 2.53. The number of benzene rings is 1. The molecular formula is C15H24N2O3S. The summed E-state index contributed by atoms with van der Waals surface area (Å²) < 4.78 is 33.0. The summed E-state index contributed by atoms with van der Waals surface area (Å²) in [6, 6.07) is 6.90. The summed E-state index contributed by atoms with van der Waals surface area (Å²) in [5.74, 6) is 0. The standard InChI is InChI=1S/C15H24N2O3S/c1-13-4-6-14(7-5-13)21(18,19)16-15(2,3)12-17-8-10-20-11-9-17/h4-7,16H,8-12H2,1-3H3. The van der Waals surface area contributed by atoms with Gasteiger partial charge in [-0.3, -0.25) is 4.90 Å². The number of hydrogen-bond donors (Lipinski definition) is 1. The van der Waals surface area contributed by atoms with Crippen molar-refractivity contribution in [2.24, 2.45) is 0 Å². The highest BCUT2D eigenvalue weighted by atomic mass is 32.2. The second kappa shape index (κ2) is 6.44. The fourth-order valence-corrected chi connectivity index (χ4v) is 3.89. The first kappa shape index (κ1) is 16.4. The van der Waals surface area contributed by atoms with Crippen molar-refractivity contribution in [3.05, 3.63) is 29.8 Å². The molecule has 1 aliphatic heterocycles. The van der Waals surface area contributed by atoms with E-state index in [-0.39, 0.29) is 0 Å². The maximum Gasteiger partial charge on any atom is 0.241 e. The molecule has 0 unspecified atom stereocenters. The number of morpholine rings is 1. The minimum Gasteiger partial charge on any atom is -0.379 e. The van der Waals surface area contributed by atoms with Crippen LogP contribution in [0.4, 0.5) is 0 Å². The topological polar surface area (TPSA) is 58.6 Å². The minimum atomic E-state index is -3.49. The Kier molecular flexibility index (Phi) is 5.03. The number of aryl methyl sites for hydroxylation is 1. The maximum atomic E-state index is 12.4. The molecule has 21 heavy (non-hydrogen) atoms. The Morgan fingerprint density at radius 3 is 2.33 bits per heavy atom. The molecule has 0 aliphatic carbocycles. The average molecular weight is 312 g/mol. The van der Waals surface area contributed by atoms with Crippen molar-refractivity contribution in [1.82, 2.24) is 9.62 Å². The zero-order chi connectivity index (χ0) is 15.5. The van der Waals surface area contributed by atoms with Crippen molar-refractivity contribution in [2.45, 2.75) is 31.2 Å². The van der Waals surface area contributed by atoms with Crippen LogP contribution in [0.15, 0.2) is 29.2 Å². The molecule has 118 valence electrons. The smallest absolute Gasteiger partial charge is 0.241 e. The highest BCUT2D eigenvalue weighted by molar-refractivity contribution is 7.89. The van der Waals surface area contributed by atoms with Gasteiger partial charge in [-0.15, -0.1) is 0 Å². The molecule has 1 N–H and O–H groups in total. The SMILES string of the molecule is Cc1ccc(S(=O)(=O)NC(C)(C)CN2CCOCC2)cc1. The predicted octanol–water partition coefficient (Wildman–Crippen LogP) is 1.38. The van der Waals surface area contributed by atoms with Gasteiger partial charge in [0.2, 0.25) is 10.0 Å². The van der Waals surface area contributed by atoms with Gasteiger partial charge in [0.05, 0.1) is 18.1 Å². The maximum absolute atomic E-state index is 12.4. The van der Waals surface area contributed by atoms with Gasteiger partial charge in [-0.2, -0.15) is 0 Å². The monoisotopic (exact) mass is 312 g/mol. The van der Waals surface area contributed by atoms with Crippen molar-refractivity contribution < 1.29 is 13.2 Å². The molecule has 0 saturated carbocycles. The lowest BCUT2D eigenvalue weighted by Gasteiger charge is -2.35. The predicted molar refractivity (Wildman–Crippen MR) is 82.8 cm³/mol. The summed E-state index contributed by atoms with van der Waals surface area (Å²) in [6.07, 6.45) is 0. The molecule has 0 aromatic heterocycles. The van der Waals surface area contributed by atoms with Gasteiger partial charge in [0.15, 0.2) is 0 Å². The van der Waals surface area contributed by atoms with Crippen molar-refractivity contribution in [1.29, 1.82) is 0 Å². The van der Waals surface area contributed by atoms with Crippen LogP contribution in [0.25, 0.3) is 0 Å². The van der Waals surface area contributed by atoms with Crippen molar-refractivity contribution in [3.8, 4) is 0 Å². The van der Waals surface area contributed by atoms with E-state index in [1.54, 1.807) is 12.1 Å². The highest BCUT2D eigenvalue weighted by Gasteiger charge is 2.28. The first-order valence-corrected chi connectivity index (χ1v) is 8.68. The molecule has 1 aliphatic rings. The number of ether oxygens (including phenoxy) is 1. The Labute approximate surface area is 127 Å². The summed E-state index contributed by atoms with van der Waals surface area (Å²) in [7, 11) is -3.49.